The lowest BCUT2D eigenvalue weighted by Crippen LogP contribution is -2.46. The first kappa shape index (κ1) is 14.4. The van der Waals surface area contributed by atoms with E-state index in [2.05, 4.69) is 0 Å². The van der Waals surface area contributed by atoms with Crippen molar-refractivity contribution in [2.45, 2.75) is 44.8 Å². The van der Waals surface area contributed by atoms with Crippen molar-refractivity contribution in [2.24, 2.45) is 0 Å². The molecule has 2 rings (SSSR count). The summed E-state index contributed by atoms with van der Waals surface area (Å²) in [7, 11) is 1.77. The van der Waals surface area contributed by atoms with Crippen LogP contribution in [0.2, 0.25) is 5.02 Å². The molecule has 0 radical (unpaired) electrons. The molecule has 1 aliphatic rings. The van der Waals surface area contributed by atoms with Gasteiger partial charge in [-0.25, -0.2) is 0 Å². The quantitative estimate of drug-likeness (QED) is 0.905. The van der Waals surface area contributed by atoms with Crippen LogP contribution in [0.4, 0.5) is 0 Å². The van der Waals surface area contributed by atoms with Crippen molar-refractivity contribution in [1.82, 2.24) is 4.90 Å². The van der Waals surface area contributed by atoms with Crippen molar-refractivity contribution in [3.05, 3.63) is 34.3 Å². The van der Waals surface area contributed by atoms with Crippen molar-refractivity contribution in [2.75, 3.05) is 7.05 Å². The molecule has 0 spiro atoms. The number of halogens is 1. The number of aryl methyl sites for hydroxylation is 1. The van der Waals surface area contributed by atoms with Gasteiger partial charge in [-0.3, -0.25) is 4.79 Å². The van der Waals surface area contributed by atoms with Crippen LogP contribution in [-0.2, 0) is 0 Å². The minimum atomic E-state index is -0.407. The lowest BCUT2D eigenvalue weighted by Gasteiger charge is -2.35. The number of rotatable bonds is 2. The SMILES string of the molecule is Cc1cc(Cl)ccc1C(=O)N(C)C1CCCCC1O. The zero-order valence-corrected chi connectivity index (χ0v) is 12.2. The third-order valence-electron chi connectivity index (χ3n) is 3.93. The number of likely N-dealkylation sites (N-methyl/N-ethyl adjacent to an activating group) is 1. The van der Waals surface area contributed by atoms with Gasteiger partial charge in [0.05, 0.1) is 12.1 Å². The van der Waals surface area contributed by atoms with E-state index in [9.17, 15) is 9.90 Å². The molecule has 1 amide bonds. The molecule has 0 heterocycles. The van der Waals surface area contributed by atoms with Crippen molar-refractivity contribution in [1.29, 1.82) is 0 Å². The van der Waals surface area contributed by atoms with Gasteiger partial charge in [-0.2, -0.15) is 0 Å². The molecule has 0 bridgehead atoms. The standard InChI is InChI=1S/C15H20ClNO2/c1-10-9-11(16)7-8-12(10)15(19)17(2)13-5-3-4-6-14(13)18/h7-9,13-14,18H,3-6H2,1-2H3. The Kier molecular flexibility index (Phi) is 4.48. The summed E-state index contributed by atoms with van der Waals surface area (Å²) in [4.78, 5) is 14.2. The van der Waals surface area contributed by atoms with Gasteiger partial charge in [-0.1, -0.05) is 24.4 Å². The highest BCUT2D eigenvalue weighted by molar-refractivity contribution is 6.30. The molecule has 19 heavy (non-hydrogen) atoms. The maximum absolute atomic E-state index is 12.5. The minimum absolute atomic E-state index is 0.0416. The fourth-order valence-electron chi connectivity index (χ4n) is 2.75. The molecule has 2 unspecified atom stereocenters. The van der Waals surface area contributed by atoms with Crippen LogP contribution >= 0.6 is 11.6 Å². The molecule has 1 aromatic carbocycles. The predicted octanol–water partition coefficient (Wildman–Crippen LogP) is 3.02. The van der Waals surface area contributed by atoms with E-state index >= 15 is 0 Å². The van der Waals surface area contributed by atoms with Crippen LogP contribution in [0, 0.1) is 6.92 Å². The highest BCUT2D eigenvalue weighted by Crippen LogP contribution is 2.24. The molecule has 0 saturated heterocycles. The summed E-state index contributed by atoms with van der Waals surface area (Å²) in [6, 6.07) is 5.20. The molecule has 4 heteroatoms. The summed E-state index contributed by atoms with van der Waals surface area (Å²) < 4.78 is 0. The molecule has 1 fully saturated rings. The lowest BCUT2D eigenvalue weighted by atomic mass is 9.91. The van der Waals surface area contributed by atoms with Crippen molar-refractivity contribution >= 4 is 17.5 Å². The topological polar surface area (TPSA) is 40.5 Å². The second kappa shape index (κ2) is 5.93. The molecular formula is C15H20ClNO2. The highest BCUT2D eigenvalue weighted by atomic mass is 35.5. The second-order valence-electron chi connectivity index (χ2n) is 5.29. The van der Waals surface area contributed by atoms with Gasteiger partial charge in [0.1, 0.15) is 0 Å². The van der Waals surface area contributed by atoms with E-state index in [1.54, 1.807) is 30.1 Å². The average molecular weight is 282 g/mol. The fraction of sp³-hybridized carbons (Fsp3) is 0.533. The van der Waals surface area contributed by atoms with Crippen LogP contribution in [-0.4, -0.2) is 35.1 Å². The molecule has 104 valence electrons. The zero-order valence-electron chi connectivity index (χ0n) is 11.4. The Morgan fingerprint density at radius 1 is 1.37 bits per heavy atom. The number of hydrogen-bond donors (Lipinski definition) is 1. The second-order valence-corrected chi connectivity index (χ2v) is 5.73. The van der Waals surface area contributed by atoms with Crippen LogP contribution < -0.4 is 0 Å². The van der Waals surface area contributed by atoms with Crippen LogP contribution in [0.3, 0.4) is 0 Å². The summed E-state index contributed by atoms with van der Waals surface area (Å²) in [6.07, 6.45) is 3.35. The van der Waals surface area contributed by atoms with E-state index in [4.69, 9.17) is 11.6 Å². The van der Waals surface area contributed by atoms with Gasteiger partial charge in [0.15, 0.2) is 0 Å². The summed E-state index contributed by atoms with van der Waals surface area (Å²) in [6.45, 7) is 1.88. The van der Waals surface area contributed by atoms with Gasteiger partial charge in [-0.05, 0) is 43.5 Å². The third kappa shape index (κ3) is 3.10. The molecule has 1 N–H and O–H groups in total. The Morgan fingerprint density at radius 2 is 2.05 bits per heavy atom. The maximum Gasteiger partial charge on any atom is 0.254 e. The van der Waals surface area contributed by atoms with Gasteiger partial charge in [0.2, 0.25) is 0 Å². The van der Waals surface area contributed by atoms with E-state index in [1.807, 2.05) is 6.92 Å². The number of aliphatic hydroxyl groups excluding tert-OH is 1. The number of carbonyl (C=O) groups excluding carboxylic acids is 1. The van der Waals surface area contributed by atoms with Crippen LogP contribution in [0.1, 0.15) is 41.6 Å². The number of hydrogen-bond acceptors (Lipinski definition) is 2. The van der Waals surface area contributed by atoms with Gasteiger partial charge < -0.3 is 10.0 Å². The van der Waals surface area contributed by atoms with Gasteiger partial charge in [-0.15, -0.1) is 0 Å². The predicted molar refractivity (Wildman–Crippen MR) is 76.5 cm³/mol. The lowest BCUT2D eigenvalue weighted by molar-refractivity contribution is 0.0267. The van der Waals surface area contributed by atoms with Gasteiger partial charge in [0.25, 0.3) is 5.91 Å². The van der Waals surface area contributed by atoms with E-state index in [-0.39, 0.29) is 11.9 Å². The summed E-state index contributed by atoms with van der Waals surface area (Å²) >= 11 is 5.91. The largest absolute Gasteiger partial charge is 0.391 e. The van der Waals surface area contributed by atoms with E-state index in [0.717, 1.165) is 31.2 Å². The summed E-state index contributed by atoms with van der Waals surface area (Å²) in [5, 5.41) is 10.7. The van der Waals surface area contributed by atoms with Crippen molar-refractivity contribution < 1.29 is 9.90 Å². The highest BCUT2D eigenvalue weighted by Gasteiger charge is 2.30. The maximum atomic E-state index is 12.5. The van der Waals surface area contributed by atoms with Crippen LogP contribution in [0.5, 0.6) is 0 Å². The number of nitrogens with zero attached hydrogens (tertiary/aromatic N) is 1. The smallest absolute Gasteiger partial charge is 0.254 e. The first-order valence-corrected chi connectivity index (χ1v) is 7.10. The van der Waals surface area contributed by atoms with Crippen molar-refractivity contribution in [3.8, 4) is 0 Å². The van der Waals surface area contributed by atoms with E-state index < -0.39 is 6.10 Å². The first-order valence-electron chi connectivity index (χ1n) is 6.72. The Balaban J connectivity index is 2.18. The molecule has 1 saturated carbocycles. The Hall–Kier alpha value is -1.06. The average Bonchev–Trinajstić information content (AvgIpc) is 2.38. The number of carbonyl (C=O) groups is 1. The van der Waals surface area contributed by atoms with E-state index in [1.165, 1.54) is 0 Å². The number of aliphatic hydroxyl groups is 1. The normalized spacial score (nSPS) is 23.2. The Bertz CT molecular complexity index is 475. The molecule has 3 nitrogen and oxygen atoms in total. The van der Waals surface area contributed by atoms with E-state index in [0.29, 0.717) is 10.6 Å². The summed E-state index contributed by atoms with van der Waals surface area (Å²) in [5.41, 5.74) is 1.53. The molecular weight excluding hydrogens is 262 g/mol. The summed E-state index contributed by atoms with van der Waals surface area (Å²) in [5.74, 6) is -0.0416. The Morgan fingerprint density at radius 3 is 2.68 bits per heavy atom. The molecule has 0 aliphatic heterocycles. The monoisotopic (exact) mass is 281 g/mol. The molecule has 1 aliphatic carbocycles. The zero-order chi connectivity index (χ0) is 14.0. The first-order chi connectivity index (χ1) is 9.00. The fourth-order valence-corrected chi connectivity index (χ4v) is 2.98. The number of benzene rings is 1. The third-order valence-corrected chi connectivity index (χ3v) is 4.17. The number of amides is 1. The van der Waals surface area contributed by atoms with Crippen LogP contribution in [0.15, 0.2) is 18.2 Å². The minimum Gasteiger partial charge on any atom is -0.391 e. The van der Waals surface area contributed by atoms with Gasteiger partial charge in [0, 0.05) is 17.6 Å². The molecule has 0 aromatic heterocycles. The van der Waals surface area contributed by atoms with Crippen LogP contribution in [0.25, 0.3) is 0 Å². The Labute approximate surface area is 119 Å². The molecule has 2 atom stereocenters. The van der Waals surface area contributed by atoms with Crippen molar-refractivity contribution in [3.63, 3.8) is 0 Å². The molecule has 1 aromatic rings. The van der Waals surface area contributed by atoms with Gasteiger partial charge >= 0.3 is 0 Å².